The molecular weight excluding hydrogens is 260 g/mol. The second-order valence-corrected chi connectivity index (χ2v) is 3.67. The summed E-state index contributed by atoms with van der Waals surface area (Å²) in [6.07, 6.45) is 0. The maximum Gasteiger partial charge on any atom is 0.336 e. The fourth-order valence-electron chi connectivity index (χ4n) is 1.39. The summed E-state index contributed by atoms with van der Waals surface area (Å²) in [5.74, 6) is 2.64. The van der Waals surface area contributed by atoms with E-state index in [0.717, 1.165) is 5.69 Å². The van der Waals surface area contributed by atoms with Crippen LogP contribution in [0.5, 0.6) is 0 Å². The topological polar surface area (TPSA) is 113 Å². The zero-order chi connectivity index (χ0) is 15.0. The summed E-state index contributed by atoms with van der Waals surface area (Å²) in [6, 6.07) is 15.1. The van der Waals surface area contributed by atoms with Crippen LogP contribution in [-0.2, 0) is 0 Å². The van der Waals surface area contributed by atoms with Crippen molar-refractivity contribution in [2.24, 2.45) is 5.84 Å². The van der Waals surface area contributed by atoms with Crippen LogP contribution in [-0.4, -0.2) is 22.2 Å². The first-order valence-corrected chi connectivity index (χ1v) is 5.63. The van der Waals surface area contributed by atoms with Crippen LogP contribution in [0.1, 0.15) is 20.7 Å². The Kier molecular flexibility index (Phi) is 5.74. The molecule has 6 heteroatoms. The second kappa shape index (κ2) is 7.55. The van der Waals surface area contributed by atoms with Gasteiger partial charge in [0.15, 0.2) is 0 Å². The normalized spacial score (nSPS) is 9.05. The Morgan fingerprint density at radius 2 is 1.20 bits per heavy atom. The van der Waals surface area contributed by atoms with Gasteiger partial charge in [-0.15, -0.1) is 0 Å². The van der Waals surface area contributed by atoms with Crippen LogP contribution in [0.3, 0.4) is 0 Å². The fourth-order valence-corrected chi connectivity index (χ4v) is 1.39. The van der Waals surface area contributed by atoms with Crippen molar-refractivity contribution in [2.75, 3.05) is 5.43 Å². The zero-order valence-electron chi connectivity index (χ0n) is 10.5. The quantitative estimate of drug-likeness (QED) is 0.503. The molecule has 2 rings (SSSR count). The first-order valence-electron chi connectivity index (χ1n) is 5.63. The van der Waals surface area contributed by atoms with Gasteiger partial charge in [0, 0.05) is 5.69 Å². The second-order valence-electron chi connectivity index (χ2n) is 3.67. The van der Waals surface area contributed by atoms with E-state index < -0.39 is 11.9 Å². The molecule has 0 aliphatic heterocycles. The minimum atomic E-state index is -1.23. The molecule has 5 N–H and O–H groups in total. The Morgan fingerprint density at radius 1 is 0.800 bits per heavy atom. The van der Waals surface area contributed by atoms with Crippen molar-refractivity contribution in [1.82, 2.24) is 0 Å². The number of benzene rings is 2. The third kappa shape index (κ3) is 4.43. The van der Waals surface area contributed by atoms with Gasteiger partial charge in [0.2, 0.25) is 0 Å². The number of para-hydroxylation sites is 1. The van der Waals surface area contributed by atoms with E-state index in [1.807, 2.05) is 30.3 Å². The van der Waals surface area contributed by atoms with Crippen molar-refractivity contribution >= 4 is 17.6 Å². The van der Waals surface area contributed by atoms with Gasteiger partial charge in [-0.25, -0.2) is 9.59 Å². The van der Waals surface area contributed by atoms with Crippen molar-refractivity contribution in [3.8, 4) is 0 Å². The minimum absolute atomic E-state index is 0.190. The summed E-state index contributed by atoms with van der Waals surface area (Å²) >= 11 is 0. The van der Waals surface area contributed by atoms with E-state index in [2.05, 4.69) is 5.43 Å². The Hall–Kier alpha value is -2.86. The number of carboxylic acid groups (broad SMARTS) is 2. The number of nitrogens with two attached hydrogens (primary N) is 1. The Bertz CT molecular complexity index is 552. The molecule has 20 heavy (non-hydrogen) atoms. The van der Waals surface area contributed by atoms with Crippen molar-refractivity contribution in [3.05, 3.63) is 65.7 Å². The highest BCUT2D eigenvalue weighted by Gasteiger charge is 2.13. The molecule has 104 valence electrons. The van der Waals surface area contributed by atoms with E-state index in [1.54, 1.807) is 0 Å². The number of hydrazine groups is 1. The highest BCUT2D eigenvalue weighted by atomic mass is 16.4. The molecule has 6 nitrogen and oxygen atoms in total. The molecule has 0 aliphatic carbocycles. The molecule has 0 saturated heterocycles. The molecular formula is C14H14N2O4. The summed E-state index contributed by atoms with van der Waals surface area (Å²) in [7, 11) is 0. The van der Waals surface area contributed by atoms with Gasteiger partial charge in [0.05, 0.1) is 11.1 Å². The van der Waals surface area contributed by atoms with Crippen LogP contribution in [0.2, 0.25) is 0 Å². The van der Waals surface area contributed by atoms with Gasteiger partial charge in [0.1, 0.15) is 0 Å². The lowest BCUT2D eigenvalue weighted by Crippen LogP contribution is -2.06. The van der Waals surface area contributed by atoms with Gasteiger partial charge in [-0.1, -0.05) is 30.3 Å². The first kappa shape index (κ1) is 15.2. The van der Waals surface area contributed by atoms with Crippen LogP contribution in [0, 0.1) is 0 Å². The van der Waals surface area contributed by atoms with E-state index in [-0.39, 0.29) is 11.1 Å². The number of hydrogen-bond acceptors (Lipinski definition) is 4. The van der Waals surface area contributed by atoms with Gasteiger partial charge in [-0.3, -0.25) is 5.84 Å². The van der Waals surface area contributed by atoms with Gasteiger partial charge in [0.25, 0.3) is 0 Å². The molecule has 0 heterocycles. The molecule has 0 aliphatic rings. The summed E-state index contributed by atoms with van der Waals surface area (Å²) < 4.78 is 0. The SMILES string of the molecule is NNc1ccccc1.O=C(O)c1ccccc1C(=O)O. The maximum atomic E-state index is 10.5. The summed E-state index contributed by atoms with van der Waals surface area (Å²) in [4.78, 5) is 20.9. The average Bonchev–Trinajstić information content (AvgIpc) is 2.48. The van der Waals surface area contributed by atoms with Crippen LogP contribution in [0.25, 0.3) is 0 Å². The molecule has 0 spiro atoms. The molecule has 0 amide bonds. The molecule has 0 aromatic heterocycles. The summed E-state index contributed by atoms with van der Waals surface area (Å²) in [6.45, 7) is 0. The van der Waals surface area contributed by atoms with E-state index in [4.69, 9.17) is 16.1 Å². The molecule has 0 radical (unpaired) electrons. The summed E-state index contributed by atoms with van der Waals surface area (Å²) in [5.41, 5.74) is 3.08. The van der Waals surface area contributed by atoms with Gasteiger partial charge in [-0.2, -0.15) is 0 Å². The fraction of sp³-hybridized carbons (Fsp3) is 0. The van der Waals surface area contributed by atoms with Crippen LogP contribution < -0.4 is 11.3 Å². The molecule has 0 atom stereocenters. The third-order valence-corrected chi connectivity index (χ3v) is 2.33. The molecule has 0 fully saturated rings. The number of aromatic carboxylic acids is 2. The summed E-state index contributed by atoms with van der Waals surface area (Å²) in [5, 5.41) is 17.1. The third-order valence-electron chi connectivity index (χ3n) is 2.33. The van der Waals surface area contributed by atoms with Crippen molar-refractivity contribution < 1.29 is 19.8 Å². The number of carboxylic acids is 2. The number of rotatable bonds is 3. The monoisotopic (exact) mass is 274 g/mol. The standard InChI is InChI=1S/C8H6O4.C6H8N2/c9-7(10)5-3-1-2-4-6(5)8(11)12;7-8-6-4-2-1-3-5-6/h1-4H,(H,9,10)(H,11,12);1-5,8H,7H2. The Labute approximate surface area is 115 Å². The maximum absolute atomic E-state index is 10.5. The number of nitrogen functional groups attached to an aromatic ring is 1. The van der Waals surface area contributed by atoms with E-state index in [1.165, 1.54) is 24.3 Å². The molecule has 2 aromatic carbocycles. The molecule has 2 aromatic rings. The first-order chi connectivity index (χ1) is 9.56. The molecule has 0 bridgehead atoms. The van der Waals surface area contributed by atoms with Crippen molar-refractivity contribution in [1.29, 1.82) is 0 Å². The lowest BCUT2D eigenvalue weighted by molar-refractivity contribution is 0.0651. The smallest absolute Gasteiger partial charge is 0.336 e. The Morgan fingerprint density at radius 3 is 1.50 bits per heavy atom. The predicted molar refractivity (Wildman–Crippen MR) is 74.6 cm³/mol. The Balaban J connectivity index is 0.000000217. The minimum Gasteiger partial charge on any atom is -0.478 e. The van der Waals surface area contributed by atoms with Crippen LogP contribution >= 0.6 is 0 Å². The van der Waals surface area contributed by atoms with E-state index in [0.29, 0.717) is 0 Å². The zero-order valence-corrected chi connectivity index (χ0v) is 10.5. The van der Waals surface area contributed by atoms with Gasteiger partial charge in [-0.05, 0) is 24.3 Å². The van der Waals surface area contributed by atoms with E-state index >= 15 is 0 Å². The number of hydrogen-bond donors (Lipinski definition) is 4. The lowest BCUT2D eigenvalue weighted by Gasteiger charge is -1.98. The van der Waals surface area contributed by atoms with Crippen molar-refractivity contribution in [3.63, 3.8) is 0 Å². The molecule has 0 saturated carbocycles. The van der Waals surface area contributed by atoms with Gasteiger partial charge >= 0.3 is 11.9 Å². The number of nitrogens with one attached hydrogen (secondary N) is 1. The van der Waals surface area contributed by atoms with Crippen LogP contribution in [0.4, 0.5) is 5.69 Å². The van der Waals surface area contributed by atoms with Gasteiger partial charge < -0.3 is 15.6 Å². The van der Waals surface area contributed by atoms with Crippen molar-refractivity contribution in [2.45, 2.75) is 0 Å². The molecule has 0 unspecified atom stereocenters. The van der Waals surface area contributed by atoms with Crippen LogP contribution in [0.15, 0.2) is 54.6 Å². The number of anilines is 1. The number of carbonyl (C=O) groups is 2. The predicted octanol–water partition coefficient (Wildman–Crippen LogP) is 2.06. The highest BCUT2D eigenvalue weighted by Crippen LogP contribution is 2.07. The highest BCUT2D eigenvalue weighted by molar-refractivity contribution is 6.01. The average molecular weight is 274 g/mol. The lowest BCUT2D eigenvalue weighted by atomic mass is 10.1. The van der Waals surface area contributed by atoms with E-state index in [9.17, 15) is 9.59 Å². The largest absolute Gasteiger partial charge is 0.478 e.